The van der Waals surface area contributed by atoms with Gasteiger partial charge in [-0.1, -0.05) is 0 Å². The predicted molar refractivity (Wildman–Crippen MR) is 95.3 cm³/mol. The van der Waals surface area contributed by atoms with Gasteiger partial charge in [-0.05, 0) is 68.6 Å². The van der Waals surface area contributed by atoms with Crippen LogP contribution in [-0.4, -0.2) is 29.8 Å². The molecule has 2 atom stereocenters. The first-order valence-electron chi connectivity index (χ1n) is 9.65. The number of Topliss-reactive ketones (excluding diaryl/α,β-unsaturated/α-hetero) is 1. The van der Waals surface area contributed by atoms with Gasteiger partial charge >= 0.3 is 5.97 Å². The van der Waals surface area contributed by atoms with Crippen LogP contribution in [0.15, 0.2) is 18.2 Å². The highest BCUT2D eigenvalue weighted by atomic mass is 19.2. The fraction of sp³-hybridized carbons (Fsp3) is 0.571. The molecule has 4 aliphatic carbocycles. The maximum Gasteiger partial charge on any atom is 0.312 e. The van der Waals surface area contributed by atoms with Gasteiger partial charge in [-0.25, -0.2) is 8.78 Å². The molecule has 1 N–H and O–H groups in total. The first kappa shape index (κ1) is 19.0. The minimum absolute atomic E-state index is 0.0353. The van der Waals surface area contributed by atoms with Crippen LogP contribution in [0.2, 0.25) is 0 Å². The van der Waals surface area contributed by atoms with Gasteiger partial charge in [-0.3, -0.25) is 14.4 Å². The molecule has 0 saturated heterocycles. The third kappa shape index (κ3) is 3.31. The molecule has 2 unspecified atom stereocenters. The van der Waals surface area contributed by atoms with Crippen LogP contribution in [0.5, 0.6) is 0 Å². The average Bonchev–Trinajstić information content (AvgIpc) is 2.59. The van der Waals surface area contributed by atoms with Crippen LogP contribution in [0.25, 0.3) is 0 Å². The minimum atomic E-state index is -1.12. The standard InChI is InChI=1S/C21H23F2NO4/c1-12(25)24-21-8-13-4-14(9-21)7-20(6-13,11-21)19(27)28-10-18(26)15-2-3-16(22)17(23)5-15/h2-3,5,13-14H,4,6-11H2,1H3,(H,24,25). The minimum Gasteiger partial charge on any atom is -0.457 e. The number of ketones is 1. The van der Waals surface area contributed by atoms with Crippen molar-refractivity contribution in [3.8, 4) is 0 Å². The third-order valence-electron chi connectivity index (χ3n) is 6.51. The molecule has 28 heavy (non-hydrogen) atoms. The molecule has 0 radical (unpaired) electrons. The molecule has 4 bridgehead atoms. The lowest BCUT2D eigenvalue weighted by Gasteiger charge is -2.60. The van der Waals surface area contributed by atoms with E-state index in [1.807, 2.05) is 0 Å². The fourth-order valence-electron chi connectivity index (χ4n) is 6.06. The maximum atomic E-state index is 13.3. The van der Waals surface area contributed by atoms with Gasteiger partial charge in [0.15, 0.2) is 24.0 Å². The predicted octanol–water partition coefficient (Wildman–Crippen LogP) is 3.17. The largest absolute Gasteiger partial charge is 0.457 e. The van der Waals surface area contributed by atoms with E-state index in [-0.39, 0.29) is 17.0 Å². The number of nitrogens with one attached hydrogen (secondary N) is 1. The van der Waals surface area contributed by atoms with Crippen molar-refractivity contribution in [2.24, 2.45) is 17.3 Å². The summed E-state index contributed by atoms with van der Waals surface area (Å²) in [4.78, 5) is 36.9. The second kappa shape index (κ2) is 6.64. The zero-order chi connectivity index (χ0) is 20.1. The molecule has 1 aromatic rings. The number of hydrogen-bond donors (Lipinski definition) is 1. The first-order valence-corrected chi connectivity index (χ1v) is 9.65. The second-order valence-corrected chi connectivity index (χ2v) is 8.83. The number of esters is 1. The summed E-state index contributed by atoms with van der Waals surface area (Å²) in [6, 6.07) is 2.85. The Morgan fingerprint density at radius 1 is 1.11 bits per heavy atom. The summed E-state index contributed by atoms with van der Waals surface area (Å²) in [5.74, 6) is -2.52. The summed E-state index contributed by atoms with van der Waals surface area (Å²) in [6.07, 6.45) is 4.78. The quantitative estimate of drug-likeness (QED) is 0.618. The monoisotopic (exact) mass is 391 g/mol. The normalized spacial score (nSPS) is 32.8. The zero-order valence-corrected chi connectivity index (χ0v) is 15.7. The number of hydrogen-bond acceptors (Lipinski definition) is 4. The Morgan fingerprint density at radius 3 is 2.39 bits per heavy atom. The Bertz CT molecular complexity index is 839. The molecule has 1 aromatic carbocycles. The average molecular weight is 391 g/mol. The van der Waals surface area contributed by atoms with Crippen LogP contribution >= 0.6 is 0 Å². The van der Waals surface area contributed by atoms with E-state index >= 15 is 0 Å². The van der Waals surface area contributed by atoms with E-state index in [2.05, 4.69) is 5.32 Å². The van der Waals surface area contributed by atoms with Crippen molar-refractivity contribution in [2.75, 3.05) is 6.61 Å². The van der Waals surface area contributed by atoms with E-state index < -0.39 is 35.4 Å². The molecule has 0 spiro atoms. The summed E-state index contributed by atoms with van der Waals surface area (Å²) >= 11 is 0. The summed E-state index contributed by atoms with van der Waals surface area (Å²) in [7, 11) is 0. The number of ether oxygens (including phenoxy) is 1. The Kier molecular flexibility index (Phi) is 4.51. The van der Waals surface area contributed by atoms with E-state index in [1.165, 1.54) is 13.0 Å². The van der Waals surface area contributed by atoms with Crippen LogP contribution in [-0.2, 0) is 14.3 Å². The lowest BCUT2D eigenvalue weighted by Crippen LogP contribution is -2.64. The Hall–Kier alpha value is -2.31. The van der Waals surface area contributed by atoms with Crippen molar-refractivity contribution < 1.29 is 27.9 Å². The molecule has 0 aliphatic heterocycles. The lowest BCUT2D eigenvalue weighted by atomic mass is 9.47. The molecule has 0 aromatic heterocycles. The molecule has 1 amide bonds. The zero-order valence-electron chi connectivity index (χ0n) is 15.7. The maximum absolute atomic E-state index is 13.3. The molecular weight excluding hydrogens is 368 g/mol. The number of carbonyl (C=O) groups excluding carboxylic acids is 3. The third-order valence-corrected chi connectivity index (χ3v) is 6.51. The van der Waals surface area contributed by atoms with Gasteiger partial charge in [0.05, 0.1) is 5.41 Å². The highest BCUT2D eigenvalue weighted by Gasteiger charge is 2.61. The van der Waals surface area contributed by atoms with Crippen molar-refractivity contribution in [2.45, 2.75) is 51.0 Å². The van der Waals surface area contributed by atoms with E-state index in [1.54, 1.807) is 0 Å². The molecule has 7 heteroatoms. The van der Waals surface area contributed by atoms with E-state index in [4.69, 9.17) is 4.74 Å². The van der Waals surface area contributed by atoms with Crippen LogP contribution in [0.3, 0.4) is 0 Å². The molecule has 5 rings (SSSR count). The summed E-state index contributed by atoms with van der Waals surface area (Å²) in [5, 5.41) is 3.08. The SMILES string of the molecule is CC(=O)NC12CC3CC(C1)CC(C(=O)OCC(=O)c1ccc(F)c(F)c1)(C3)C2. The van der Waals surface area contributed by atoms with Crippen molar-refractivity contribution >= 4 is 17.7 Å². The van der Waals surface area contributed by atoms with Gasteiger partial charge in [-0.2, -0.15) is 0 Å². The van der Waals surface area contributed by atoms with Crippen molar-refractivity contribution in [3.05, 3.63) is 35.4 Å². The lowest BCUT2D eigenvalue weighted by molar-refractivity contribution is -0.174. The van der Waals surface area contributed by atoms with Gasteiger partial charge in [-0.15, -0.1) is 0 Å². The Balaban J connectivity index is 1.46. The smallest absolute Gasteiger partial charge is 0.312 e. The van der Waals surface area contributed by atoms with E-state index in [9.17, 15) is 23.2 Å². The Morgan fingerprint density at radius 2 is 1.79 bits per heavy atom. The van der Waals surface area contributed by atoms with Gasteiger partial charge in [0.1, 0.15) is 0 Å². The summed E-state index contributed by atoms with van der Waals surface area (Å²) in [6.45, 7) is 0.984. The summed E-state index contributed by atoms with van der Waals surface area (Å²) < 4.78 is 31.7. The van der Waals surface area contributed by atoms with E-state index in [0.29, 0.717) is 31.1 Å². The second-order valence-electron chi connectivity index (χ2n) is 8.83. The van der Waals surface area contributed by atoms with Gasteiger partial charge < -0.3 is 10.1 Å². The molecule has 0 heterocycles. The van der Waals surface area contributed by atoms with Crippen molar-refractivity contribution in [1.82, 2.24) is 5.32 Å². The molecule has 150 valence electrons. The molecule has 5 nitrogen and oxygen atoms in total. The van der Waals surface area contributed by atoms with Gasteiger partial charge in [0, 0.05) is 18.0 Å². The van der Waals surface area contributed by atoms with Crippen LogP contribution in [0.1, 0.15) is 55.8 Å². The molecular formula is C21H23F2NO4. The highest BCUT2D eigenvalue weighted by Crippen LogP contribution is 2.62. The Labute approximate surface area is 161 Å². The molecule has 4 aliphatic rings. The molecule has 4 fully saturated rings. The number of halogens is 2. The summed E-state index contributed by atoms with van der Waals surface area (Å²) in [5.41, 5.74) is -1.08. The van der Waals surface area contributed by atoms with Crippen LogP contribution in [0, 0.1) is 28.9 Å². The molecule has 4 saturated carbocycles. The van der Waals surface area contributed by atoms with Crippen LogP contribution < -0.4 is 5.32 Å². The topological polar surface area (TPSA) is 72.5 Å². The number of benzene rings is 1. The van der Waals surface area contributed by atoms with Gasteiger partial charge in [0.25, 0.3) is 0 Å². The number of amides is 1. The fourth-order valence-corrected chi connectivity index (χ4v) is 6.06. The van der Waals surface area contributed by atoms with Crippen molar-refractivity contribution in [3.63, 3.8) is 0 Å². The number of carbonyl (C=O) groups is 3. The highest BCUT2D eigenvalue weighted by molar-refractivity contribution is 5.98. The first-order chi connectivity index (χ1) is 13.2. The van der Waals surface area contributed by atoms with Crippen LogP contribution in [0.4, 0.5) is 8.78 Å². The van der Waals surface area contributed by atoms with E-state index in [0.717, 1.165) is 31.4 Å². The van der Waals surface area contributed by atoms with Crippen molar-refractivity contribution in [1.29, 1.82) is 0 Å². The number of rotatable bonds is 5. The van der Waals surface area contributed by atoms with Gasteiger partial charge in [0.2, 0.25) is 5.91 Å².